The van der Waals surface area contributed by atoms with Crippen LogP contribution in [0.5, 0.6) is 0 Å². The monoisotopic (exact) mass is 388 g/mol. The molecular formula is C15H23F3O6S. The largest absolute Gasteiger partial charge is 0.462 e. The van der Waals surface area contributed by atoms with E-state index in [-0.39, 0.29) is 12.8 Å². The second kappa shape index (κ2) is 7.40. The molecule has 2 saturated carbocycles. The van der Waals surface area contributed by atoms with Crippen molar-refractivity contribution in [3.05, 3.63) is 0 Å². The zero-order valence-corrected chi connectivity index (χ0v) is 14.5. The fourth-order valence-electron chi connectivity index (χ4n) is 3.97. The van der Waals surface area contributed by atoms with Gasteiger partial charge in [-0.25, -0.2) is 4.39 Å². The Labute approximate surface area is 144 Å². The van der Waals surface area contributed by atoms with E-state index >= 15 is 0 Å². The van der Waals surface area contributed by atoms with Gasteiger partial charge in [-0.3, -0.25) is 9.35 Å². The fraction of sp³-hybridized carbons (Fsp3) is 0.933. The lowest BCUT2D eigenvalue weighted by Gasteiger charge is -2.44. The van der Waals surface area contributed by atoms with Crippen molar-refractivity contribution in [2.45, 2.75) is 68.4 Å². The van der Waals surface area contributed by atoms with E-state index in [0.29, 0.717) is 24.7 Å². The number of carbonyl (C=O) groups excluding carboxylic acids is 1. The zero-order chi connectivity index (χ0) is 18.9. The Bertz CT molecular complexity index is 582. The molecule has 25 heavy (non-hydrogen) atoms. The van der Waals surface area contributed by atoms with Crippen LogP contribution < -0.4 is 0 Å². The predicted octanol–water partition coefficient (Wildman–Crippen LogP) is 2.46. The van der Waals surface area contributed by atoms with Crippen LogP contribution in [0.1, 0.15) is 51.4 Å². The van der Waals surface area contributed by atoms with Crippen LogP contribution >= 0.6 is 0 Å². The molecule has 0 amide bonds. The van der Waals surface area contributed by atoms with Crippen LogP contribution in [0.2, 0.25) is 0 Å². The normalized spacial score (nSPS) is 31.4. The van der Waals surface area contributed by atoms with Crippen LogP contribution in [0.4, 0.5) is 13.2 Å². The molecule has 2 rings (SSSR count). The maximum Gasteiger partial charge on any atom is 0.403 e. The number of alkyl halides is 3. The molecule has 6 nitrogen and oxygen atoms in total. The lowest BCUT2D eigenvalue weighted by molar-refractivity contribution is -0.151. The molecule has 0 spiro atoms. The minimum atomic E-state index is -5.94. The first-order valence-electron chi connectivity index (χ1n) is 8.30. The first kappa shape index (κ1) is 20.4. The molecule has 3 unspecified atom stereocenters. The van der Waals surface area contributed by atoms with E-state index in [1.54, 1.807) is 0 Å². The summed E-state index contributed by atoms with van der Waals surface area (Å²) in [6.07, 6.45) is 1.87. The van der Waals surface area contributed by atoms with Gasteiger partial charge in [0.05, 0.1) is 5.60 Å². The number of fused-ring (bicyclic) bond motifs is 2. The smallest absolute Gasteiger partial charge is 0.403 e. The molecule has 0 aromatic heterocycles. The number of aliphatic hydroxyl groups is 1. The highest BCUT2D eigenvalue weighted by Gasteiger charge is 2.53. The molecule has 2 aliphatic rings. The van der Waals surface area contributed by atoms with Crippen molar-refractivity contribution in [2.75, 3.05) is 6.61 Å². The maximum absolute atomic E-state index is 13.2. The summed E-state index contributed by atoms with van der Waals surface area (Å²) in [4.78, 5) is 11.6. The molecule has 0 radical (unpaired) electrons. The second-order valence-corrected chi connectivity index (χ2v) is 8.71. The van der Waals surface area contributed by atoms with Crippen LogP contribution in [0.3, 0.4) is 0 Å². The Balaban J connectivity index is 1.79. The minimum absolute atomic E-state index is 0.0878. The van der Waals surface area contributed by atoms with Gasteiger partial charge in [0.1, 0.15) is 6.61 Å². The summed E-state index contributed by atoms with van der Waals surface area (Å²) in [6, 6.07) is 0. The molecule has 2 aliphatic carbocycles. The lowest BCUT2D eigenvalue weighted by Crippen LogP contribution is -2.42. The summed E-state index contributed by atoms with van der Waals surface area (Å²) in [5, 5.41) is 5.58. The molecule has 2 bridgehead atoms. The van der Waals surface area contributed by atoms with Gasteiger partial charge in [0.25, 0.3) is 0 Å². The Kier molecular flexibility index (Phi) is 6.05. The number of ether oxygens (including phenoxy) is 1. The van der Waals surface area contributed by atoms with Gasteiger partial charge in [0, 0.05) is 6.42 Å². The molecule has 0 aliphatic heterocycles. The van der Waals surface area contributed by atoms with E-state index in [2.05, 4.69) is 4.74 Å². The van der Waals surface area contributed by atoms with E-state index in [9.17, 15) is 31.5 Å². The van der Waals surface area contributed by atoms with E-state index < -0.39 is 39.7 Å². The first-order valence-corrected chi connectivity index (χ1v) is 9.74. The highest BCUT2D eigenvalue weighted by molar-refractivity contribution is 7.86. The molecule has 0 saturated heterocycles. The van der Waals surface area contributed by atoms with Gasteiger partial charge >= 0.3 is 21.3 Å². The number of esters is 1. The van der Waals surface area contributed by atoms with Gasteiger partial charge in [0.15, 0.2) is 0 Å². The quantitative estimate of drug-likeness (QED) is 0.513. The van der Waals surface area contributed by atoms with Crippen molar-refractivity contribution in [3.63, 3.8) is 0 Å². The van der Waals surface area contributed by atoms with Crippen molar-refractivity contribution in [1.82, 2.24) is 0 Å². The van der Waals surface area contributed by atoms with Crippen LogP contribution in [0, 0.1) is 11.8 Å². The molecule has 0 aromatic rings. The minimum Gasteiger partial charge on any atom is -0.462 e. The number of halogens is 3. The predicted molar refractivity (Wildman–Crippen MR) is 81.2 cm³/mol. The Morgan fingerprint density at radius 1 is 1.28 bits per heavy atom. The molecule has 10 heteroatoms. The summed E-state index contributed by atoms with van der Waals surface area (Å²) in [6.45, 7) is -1.49. The molecule has 2 fully saturated rings. The molecule has 3 atom stereocenters. The maximum atomic E-state index is 13.2. The number of hydrogen-bond acceptors (Lipinski definition) is 5. The third-order valence-corrected chi connectivity index (χ3v) is 6.07. The fourth-order valence-corrected chi connectivity index (χ4v) is 4.36. The van der Waals surface area contributed by atoms with Crippen molar-refractivity contribution in [3.8, 4) is 0 Å². The molecule has 0 aromatic carbocycles. The van der Waals surface area contributed by atoms with Gasteiger partial charge < -0.3 is 9.84 Å². The summed E-state index contributed by atoms with van der Waals surface area (Å²) in [5.74, 6) is -0.174. The highest BCUT2D eigenvalue weighted by Crippen LogP contribution is 2.46. The van der Waals surface area contributed by atoms with Crippen LogP contribution in [0.25, 0.3) is 0 Å². The van der Waals surface area contributed by atoms with E-state index in [4.69, 9.17) is 4.55 Å². The second-order valence-electron chi connectivity index (χ2n) is 7.22. The van der Waals surface area contributed by atoms with Gasteiger partial charge in [0.2, 0.25) is 6.17 Å². The van der Waals surface area contributed by atoms with Crippen molar-refractivity contribution < 1.29 is 40.8 Å². The van der Waals surface area contributed by atoms with Crippen LogP contribution in [-0.2, 0) is 19.6 Å². The van der Waals surface area contributed by atoms with E-state index in [1.807, 2.05) is 0 Å². The van der Waals surface area contributed by atoms with Gasteiger partial charge in [-0.2, -0.15) is 17.2 Å². The van der Waals surface area contributed by atoms with Crippen LogP contribution in [0.15, 0.2) is 0 Å². The van der Waals surface area contributed by atoms with E-state index in [0.717, 1.165) is 25.7 Å². The summed E-state index contributed by atoms with van der Waals surface area (Å²) >= 11 is 0. The highest BCUT2D eigenvalue weighted by atomic mass is 32.2. The topological polar surface area (TPSA) is 101 Å². The molecule has 0 heterocycles. The first-order chi connectivity index (χ1) is 11.4. The SMILES string of the molecule is O=C(CCC1(O)CC2CCCC(C2)C1)OCC(F)C(F)(F)S(=O)(=O)O. The number of rotatable bonds is 7. The van der Waals surface area contributed by atoms with Crippen molar-refractivity contribution in [2.24, 2.45) is 11.8 Å². The lowest BCUT2D eigenvalue weighted by atomic mass is 9.65. The van der Waals surface area contributed by atoms with Crippen molar-refractivity contribution >= 4 is 16.1 Å². The van der Waals surface area contributed by atoms with E-state index in [1.165, 1.54) is 0 Å². The molecule has 146 valence electrons. The summed E-state index contributed by atoms with van der Waals surface area (Å²) in [7, 11) is -5.94. The average molecular weight is 388 g/mol. The third-order valence-electron chi connectivity index (χ3n) is 5.12. The van der Waals surface area contributed by atoms with Crippen molar-refractivity contribution in [1.29, 1.82) is 0 Å². The average Bonchev–Trinajstić information content (AvgIpc) is 2.49. The standard InChI is InChI=1S/C15H23F3O6S/c16-12(15(17,18)25(21,22)23)9-24-13(19)4-5-14(20)7-10-2-1-3-11(6-10)8-14/h10-12,20H,1-9H2,(H,21,22,23). The third kappa shape index (κ3) is 5.07. The van der Waals surface area contributed by atoms with Crippen LogP contribution in [-0.4, -0.2) is 47.7 Å². The van der Waals surface area contributed by atoms with Gasteiger partial charge in [-0.05, 0) is 37.5 Å². The Hall–Kier alpha value is -0.870. The van der Waals surface area contributed by atoms with Gasteiger partial charge in [-0.1, -0.05) is 19.3 Å². The Morgan fingerprint density at radius 3 is 2.36 bits per heavy atom. The summed E-state index contributed by atoms with van der Waals surface area (Å²) < 4.78 is 72.7. The molecule has 2 N–H and O–H groups in total. The number of carbonyl (C=O) groups is 1. The molecular weight excluding hydrogens is 365 g/mol. The number of hydrogen-bond donors (Lipinski definition) is 2. The zero-order valence-electron chi connectivity index (χ0n) is 13.7. The Morgan fingerprint density at radius 2 is 1.84 bits per heavy atom. The van der Waals surface area contributed by atoms with Gasteiger partial charge in [-0.15, -0.1) is 0 Å². The summed E-state index contributed by atoms with van der Waals surface area (Å²) in [5.41, 5.74) is -1.01.